The number of ether oxygens (including phenoxy) is 1. The van der Waals surface area contributed by atoms with Crippen LogP contribution in [0.1, 0.15) is 17.5 Å². The highest BCUT2D eigenvalue weighted by atomic mass is 32.2. The average Bonchev–Trinajstić information content (AvgIpc) is 2.67. The zero-order valence-electron chi connectivity index (χ0n) is 15.7. The number of rotatable bonds is 8. The molecule has 0 bridgehead atoms. The molecule has 2 amide bonds. The summed E-state index contributed by atoms with van der Waals surface area (Å²) in [5, 5.41) is 0. The Morgan fingerprint density at radius 3 is 2.36 bits per heavy atom. The molecule has 0 unspecified atom stereocenters. The number of amides is 2. The van der Waals surface area contributed by atoms with E-state index in [1.54, 1.807) is 18.2 Å². The average molecular weight is 405 g/mol. The van der Waals surface area contributed by atoms with Gasteiger partial charge in [0.1, 0.15) is 5.75 Å². The van der Waals surface area contributed by atoms with Crippen molar-refractivity contribution in [1.82, 2.24) is 15.6 Å². The maximum absolute atomic E-state index is 12.0. The van der Waals surface area contributed by atoms with Crippen molar-refractivity contribution in [3.63, 3.8) is 0 Å². The van der Waals surface area contributed by atoms with Crippen molar-refractivity contribution >= 4 is 21.8 Å². The van der Waals surface area contributed by atoms with Crippen LogP contribution in [0.15, 0.2) is 53.4 Å². The van der Waals surface area contributed by atoms with E-state index in [2.05, 4.69) is 15.6 Å². The first-order chi connectivity index (χ1) is 13.3. The highest BCUT2D eigenvalue weighted by Crippen LogP contribution is 2.18. The Labute approximate surface area is 164 Å². The van der Waals surface area contributed by atoms with E-state index in [4.69, 9.17) is 4.74 Å². The Kier molecular flexibility index (Phi) is 7.53. The second-order valence-electron chi connectivity index (χ2n) is 6.11. The minimum atomic E-state index is -3.67. The van der Waals surface area contributed by atoms with Gasteiger partial charge in [0.05, 0.1) is 4.90 Å². The van der Waals surface area contributed by atoms with E-state index in [9.17, 15) is 18.0 Å². The molecule has 3 N–H and O–H groups in total. The summed E-state index contributed by atoms with van der Waals surface area (Å²) in [6.07, 6.45) is -0.135. The molecule has 0 atom stereocenters. The van der Waals surface area contributed by atoms with Crippen LogP contribution in [-0.2, 0) is 19.6 Å². The van der Waals surface area contributed by atoms with Crippen LogP contribution < -0.4 is 20.3 Å². The highest BCUT2D eigenvalue weighted by molar-refractivity contribution is 7.89. The summed E-state index contributed by atoms with van der Waals surface area (Å²) in [7, 11) is -3.67. The van der Waals surface area contributed by atoms with Gasteiger partial charge in [-0.2, -0.15) is 0 Å². The number of sulfonamides is 1. The van der Waals surface area contributed by atoms with Crippen LogP contribution in [0, 0.1) is 13.8 Å². The van der Waals surface area contributed by atoms with Crippen LogP contribution in [-0.4, -0.2) is 33.4 Å². The van der Waals surface area contributed by atoms with Crippen LogP contribution in [0.5, 0.6) is 5.75 Å². The Morgan fingerprint density at radius 1 is 0.964 bits per heavy atom. The molecule has 2 aromatic rings. The molecule has 28 heavy (non-hydrogen) atoms. The second-order valence-corrected chi connectivity index (χ2v) is 7.88. The van der Waals surface area contributed by atoms with Crippen LogP contribution in [0.4, 0.5) is 0 Å². The summed E-state index contributed by atoms with van der Waals surface area (Å²) >= 11 is 0. The molecule has 0 heterocycles. The predicted octanol–water partition coefficient (Wildman–Crippen LogP) is 1.20. The minimum Gasteiger partial charge on any atom is -0.483 e. The molecule has 2 rings (SSSR count). The molecule has 0 saturated heterocycles. The Balaban J connectivity index is 1.69. The first-order valence-electron chi connectivity index (χ1n) is 8.60. The molecule has 0 radical (unpaired) electrons. The molecule has 0 aliphatic rings. The first kappa shape index (κ1) is 21.4. The number of carbonyl (C=O) groups is 2. The van der Waals surface area contributed by atoms with Crippen LogP contribution in [0.2, 0.25) is 0 Å². The van der Waals surface area contributed by atoms with E-state index in [0.717, 1.165) is 11.1 Å². The van der Waals surface area contributed by atoms with Gasteiger partial charge in [0, 0.05) is 13.0 Å². The number of hydrogen-bond donors (Lipinski definition) is 3. The van der Waals surface area contributed by atoms with E-state index >= 15 is 0 Å². The molecule has 0 aliphatic heterocycles. The zero-order chi connectivity index (χ0) is 20.6. The van der Waals surface area contributed by atoms with Gasteiger partial charge in [-0.25, -0.2) is 13.1 Å². The smallest absolute Gasteiger partial charge is 0.276 e. The Bertz CT molecular complexity index is 930. The quantitative estimate of drug-likeness (QED) is 0.571. The van der Waals surface area contributed by atoms with Gasteiger partial charge < -0.3 is 4.74 Å². The molecule has 0 aromatic heterocycles. The third kappa shape index (κ3) is 6.67. The molecule has 2 aromatic carbocycles. The summed E-state index contributed by atoms with van der Waals surface area (Å²) in [4.78, 5) is 23.6. The number of carbonyl (C=O) groups excluding carboxylic acids is 2. The van der Waals surface area contributed by atoms with Crippen molar-refractivity contribution in [2.24, 2.45) is 0 Å². The fraction of sp³-hybridized carbons (Fsp3) is 0.263. The summed E-state index contributed by atoms with van der Waals surface area (Å²) in [5.41, 5.74) is 6.35. The highest BCUT2D eigenvalue weighted by Gasteiger charge is 2.13. The molecule has 0 spiro atoms. The molecule has 9 heteroatoms. The fourth-order valence-electron chi connectivity index (χ4n) is 2.23. The third-order valence-electron chi connectivity index (χ3n) is 3.74. The van der Waals surface area contributed by atoms with Crippen molar-refractivity contribution in [3.8, 4) is 5.75 Å². The van der Waals surface area contributed by atoms with E-state index in [1.165, 1.54) is 12.1 Å². The van der Waals surface area contributed by atoms with Gasteiger partial charge in [-0.1, -0.05) is 30.3 Å². The van der Waals surface area contributed by atoms with Gasteiger partial charge >= 0.3 is 0 Å². The monoisotopic (exact) mass is 405 g/mol. The number of hydrogen-bond acceptors (Lipinski definition) is 5. The van der Waals surface area contributed by atoms with Crippen molar-refractivity contribution in [2.45, 2.75) is 25.2 Å². The van der Waals surface area contributed by atoms with Crippen molar-refractivity contribution < 1.29 is 22.7 Å². The largest absolute Gasteiger partial charge is 0.483 e. The fourth-order valence-corrected chi connectivity index (χ4v) is 3.28. The van der Waals surface area contributed by atoms with Crippen molar-refractivity contribution in [3.05, 3.63) is 59.7 Å². The van der Waals surface area contributed by atoms with Gasteiger partial charge in [0.25, 0.3) is 5.91 Å². The lowest BCUT2D eigenvalue weighted by molar-refractivity contribution is -0.129. The number of nitrogens with one attached hydrogen (secondary N) is 3. The normalized spacial score (nSPS) is 10.9. The first-order valence-corrected chi connectivity index (χ1v) is 10.1. The lowest BCUT2D eigenvalue weighted by Crippen LogP contribution is -2.44. The lowest BCUT2D eigenvalue weighted by atomic mass is 10.1. The molecule has 0 aliphatic carbocycles. The van der Waals surface area contributed by atoms with Gasteiger partial charge in [0.15, 0.2) is 6.61 Å². The SMILES string of the molecule is Cc1ccc(C)c(OCC(=O)NNC(=O)CCNS(=O)(=O)c2ccccc2)c1. The van der Waals surface area contributed by atoms with Gasteiger partial charge in [-0.3, -0.25) is 20.4 Å². The maximum atomic E-state index is 12.0. The second kappa shape index (κ2) is 9.86. The van der Waals surface area contributed by atoms with Crippen LogP contribution in [0.3, 0.4) is 0 Å². The third-order valence-corrected chi connectivity index (χ3v) is 5.22. The van der Waals surface area contributed by atoms with Crippen LogP contribution in [0.25, 0.3) is 0 Å². The van der Waals surface area contributed by atoms with Crippen LogP contribution >= 0.6 is 0 Å². The summed E-state index contributed by atoms with van der Waals surface area (Å²) in [5.74, 6) is -0.466. The summed E-state index contributed by atoms with van der Waals surface area (Å²) < 4.78 is 31.8. The molecule has 0 saturated carbocycles. The summed E-state index contributed by atoms with van der Waals surface area (Å²) in [6, 6.07) is 13.5. The number of hydrazine groups is 1. The molecule has 0 fully saturated rings. The standard InChI is InChI=1S/C19H23N3O5S/c1-14-8-9-15(2)17(12-14)27-13-19(24)22-21-18(23)10-11-20-28(25,26)16-6-4-3-5-7-16/h3-9,12,20H,10-11,13H2,1-2H3,(H,21,23)(H,22,24). The van der Waals surface area contributed by atoms with Gasteiger partial charge in [0.2, 0.25) is 15.9 Å². The topological polar surface area (TPSA) is 114 Å². The summed E-state index contributed by atoms with van der Waals surface area (Å²) in [6.45, 7) is 3.42. The Hall–Kier alpha value is -2.91. The van der Waals surface area contributed by atoms with Crippen molar-refractivity contribution in [2.75, 3.05) is 13.2 Å². The number of aryl methyl sites for hydroxylation is 2. The predicted molar refractivity (Wildman–Crippen MR) is 104 cm³/mol. The Morgan fingerprint density at radius 2 is 1.64 bits per heavy atom. The molecular weight excluding hydrogens is 382 g/mol. The molecular formula is C19H23N3O5S. The zero-order valence-corrected chi connectivity index (χ0v) is 16.5. The van der Waals surface area contributed by atoms with E-state index in [-0.39, 0.29) is 24.5 Å². The lowest BCUT2D eigenvalue weighted by Gasteiger charge is -2.11. The van der Waals surface area contributed by atoms with Gasteiger partial charge in [-0.15, -0.1) is 0 Å². The molecule has 150 valence electrons. The van der Waals surface area contributed by atoms with Gasteiger partial charge in [-0.05, 0) is 43.2 Å². The maximum Gasteiger partial charge on any atom is 0.276 e. The van der Waals surface area contributed by atoms with E-state index in [0.29, 0.717) is 5.75 Å². The van der Waals surface area contributed by atoms with Crippen molar-refractivity contribution in [1.29, 1.82) is 0 Å². The molecule has 8 nitrogen and oxygen atoms in total. The van der Waals surface area contributed by atoms with E-state index in [1.807, 2.05) is 32.0 Å². The number of benzene rings is 2. The van der Waals surface area contributed by atoms with E-state index < -0.39 is 21.8 Å². The minimum absolute atomic E-state index is 0.0993.